The molecule has 28 heavy (non-hydrogen) atoms. The number of aromatic amines is 1. The highest BCUT2D eigenvalue weighted by Gasteiger charge is 2.41. The lowest BCUT2D eigenvalue weighted by Crippen LogP contribution is -2.47. The van der Waals surface area contributed by atoms with Crippen LogP contribution in [0.5, 0.6) is 0 Å². The smallest absolute Gasteiger partial charge is 0.368 e. The summed E-state index contributed by atoms with van der Waals surface area (Å²) in [4.78, 5) is 9.26. The minimum atomic E-state index is -4.57. The molecule has 1 unspecified atom stereocenters. The van der Waals surface area contributed by atoms with Crippen LogP contribution >= 0.6 is 0 Å². The van der Waals surface area contributed by atoms with Crippen LogP contribution in [0.25, 0.3) is 5.57 Å². The first-order valence-electron chi connectivity index (χ1n) is 9.27. The van der Waals surface area contributed by atoms with Gasteiger partial charge in [-0.25, -0.2) is 4.98 Å². The molecule has 2 aromatic rings. The van der Waals surface area contributed by atoms with Crippen molar-refractivity contribution < 1.29 is 13.2 Å². The molecule has 1 aromatic carbocycles. The van der Waals surface area contributed by atoms with Gasteiger partial charge in [0.2, 0.25) is 0 Å². The van der Waals surface area contributed by atoms with Crippen LogP contribution in [0.15, 0.2) is 36.8 Å². The number of hydrogen-bond acceptors (Lipinski definition) is 3. The van der Waals surface area contributed by atoms with E-state index in [9.17, 15) is 13.2 Å². The van der Waals surface area contributed by atoms with Gasteiger partial charge in [-0.05, 0) is 43.5 Å². The number of nitrogens with zero attached hydrogens (tertiary/aromatic N) is 3. The zero-order chi connectivity index (χ0) is 20.5. The predicted molar refractivity (Wildman–Crippen MR) is 103 cm³/mol. The highest BCUT2D eigenvalue weighted by molar-refractivity contribution is 5.70. The molecule has 4 nitrogen and oxygen atoms in total. The first-order valence-corrected chi connectivity index (χ1v) is 9.27. The Bertz CT molecular complexity index is 905. The lowest BCUT2D eigenvalue weighted by atomic mass is 9.70. The van der Waals surface area contributed by atoms with Gasteiger partial charge in [0, 0.05) is 23.7 Å². The molecule has 0 amide bonds. The van der Waals surface area contributed by atoms with Gasteiger partial charge in [0.15, 0.2) is 0 Å². The van der Waals surface area contributed by atoms with Crippen LogP contribution in [-0.2, 0) is 6.18 Å². The second-order valence-corrected chi connectivity index (χ2v) is 7.52. The van der Waals surface area contributed by atoms with Crippen LogP contribution < -0.4 is 4.90 Å². The van der Waals surface area contributed by atoms with E-state index in [-0.39, 0.29) is 17.0 Å². The molecule has 0 radical (unpaired) electrons. The topological polar surface area (TPSA) is 55.7 Å². The van der Waals surface area contributed by atoms with Gasteiger partial charge in [0.25, 0.3) is 0 Å². The van der Waals surface area contributed by atoms with Crippen molar-refractivity contribution in [2.24, 2.45) is 5.41 Å². The van der Waals surface area contributed by atoms with E-state index in [1.54, 1.807) is 24.7 Å². The number of hydrogen-bond donors (Lipinski definition) is 1. The van der Waals surface area contributed by atoms with Crippen molar-refractivity contribution in [2.75, 3.05) is 11.4 Å². The third kappa shape index (κ3) is 3.51. The molecule has 0 saturated heterocycles. The number of imidazole rings is 1. The van der Waals surface area contributed by atoms with Crippen molar-refractivity contribution >= 4 is 11.3 Å². The Kier molecular flexibility index (Phi) is 5.24. The van der Waals surface area contributed by atoms with E-state index in [4.69, 9.17) is 5.26 Å². The van der Waals surface area contributed by atoms with Gasteiger partial charge in [0.05, 0.1) is 35.4 Å². The van der Waals surface area contributed by atoms with Crippen molar-refractivity contribution in [2.45, 2.75) is 45.8 Å². The number of anilines is 1. The lowest BCUT2D eigenvalue weighted by Gasteiger charge is -2.46. The van der Waals surface area contributed by atoms with Crippen LogP contribution in [0.4, 0.5) is 18.9 Å². The minimum absolute atomic E-state index is 0.00909. The highest BCUT2D eigenvalue weighted by atomic mass is 19.4. The minimum Gasteiger partial charge on any atom is -0.368 e. The molecule has 0 saturated carbocycles. The highest BCUT2D eigenvalue weighted by Crippen LogP contribution is 2.46. The molecule has 1 heterocycles. The maximum absolute atomic E-state index is 13.4. The molecule has 0 spiro atoms. The first kappa shape index (κ1) is 20.0. The molecule has 1 aromatic heterocycles. The third-order valence-corrected chi connectivity index (χ3v) is 5.58. The summed E-state index contributed by atoms with van der Waals surface area (Å²) in [5, 5.41) is 9.06. The number of allylic oxidation sites excluding steroid dienone is 1. The zero-order valence-electron chi connectivity index (χ0n) is 16.1. The SMILES string of the molecule is CCN(c1ccc(C#N)c(C(F)(F)F)c1)C1CCC=C(c2cnc[nH]2)C1(C)C. The Morgan fingerprint density at radius 1 is 1.36 bits per heavy atom. The van der Waals surface area contributed by atoms with Gasteiger partial charge < -0.3 is 9.88 Å². The van der Waals surface area contributed by atoms with Crippen LogP contribution in [0.2, 0.25) is 0 Å². The zero-order valence-corrected chi connectivity index (χ0v) is 16.1. The standard InChI is InChI=1S/C21H23F3N4/c1-4-28(15-9-8-14(11-25)17(10-15)21(22,23)24)19-7-5-6-16(20(19,2)3)18-12-26-13-27-18/h6,8-10,12-13,19H,4-5,7H2,1-3H3,(H,26,27). The van der Waals surface area contributed by atoms with Crippen molar-refractivity contribution in [3.05, 3.63) is 53.6 Å². The Balaban J connectivity index is 2.03. The Morgan fingerprint density at radius 3 is 2.68 bits per heavy atom. The van der Waals surface area contributed by atoms with Crippen molar-refractivity contribution in [1.29, 1.82) is 5.26 Å². The Hall–Kier alpha value is -2.75. The summed E-state index contributed by atoms with van der Waals surface area (Å²) >= 11 is 0. The molecule has 7 heteroatoms. The molecular formula is C21H23F3N4. The van der Waals surface area contributed by atoms with Gasteiger partial charge in [-0.2, -0.15) is 18.4 Å². The Labute approximate surface area is 162 Å². The Morgan fingerprint density at radius 2 is 2.11 bits per heavy atom. The number of rotatable bonds is 4. The van der Waals surface area contributed by atoms with Crippen LogP contribution in [-0.4, -0.2) is 22.6 Å². The molecule has 1 atom stereocenters. The molecule has 0 bridgehead atoms. The number of nitrogens with one attached hydrogen (secondary N) is 1. The predicted octanol–water partition coefficient (Wildman–Crippen LogP) is 5.40. The van der Waals surface area contributed by atoms with E-state index >= 15 is 0 Å². The first-order chi connectivity index (χ1) is 13.2. The summed E-state index contributed by atoms with van der Waals surface area (Å²) in [7, 11) is 0. The fraction of sp³-hybridized carbons (Fsp3) is 0.429. The normalized spacial score (nSPS) is 19.0. The van der Waals surface area contributed by atoms with Crippen molar-refractivity contribution in [3.8, 4) is 6.07 Å². The summed E-state index contributed by atoms with van der Waals surface area (Å²) < 4.78 is 40.3. The summed E-state index contributed by atoms with van der Waals surface area (Å²) in [5.41, 5.74) is 0.994. The maximum atomic E-state index is 13.4. The summed E-state index contributed by atoms with van der Waals surface area (Å²) in [6, 6.07) is 5.64. The van der Waals surface area contributed by atoms with Crippen LogP contribution in [0, 0.1) is 16.7 Å². The molecular weight excluding hydrogens is 365 g/mol. The molecule has 1 aliphatic carbocycles. The van der Waals surface area contributed by atoms with Gasteiger partial charge in [-0.15, -0.1) is 0 Å². The van der Waals surface area contributed by atoms with Crippen LogP contribution in [0.3, 0.4) is 0 Å². The summed E-state index contributed by atoms with van der Waals surface area (Å²) in [5.74, 6) is 0. The van der Waals surface area contributed by atoms with E-state index in [0.717, 1.165) is 30.2 Å². The molecule has 148 valence electrons. The van der Waals surface area contributed by atoms with Gasteiger partial charge in [0.1, 0.15) is 0 Å². The quantitative estimate of drug-likeness (QED) is 0.763. The van der Waals surface area contributed by atoms with E-state index < -0.39 is 11.7 Å². The largest absolute Gasteiger partial charge is 0.417 e. The fourth-order valence-electron chi connectivity index (χ4n) is 4.22. The maximum Gasteiger partial charge on any atom is 0.417 e. The van der Waals surface area contributed by atoms with E-state index in [0.29, 0.717) is 12.2 Å². The molecule has 0 aliphatic heterocycles. The second-order valence-electron chi connectivity index (χ2n) is 7.52. The fourth-order valence-corrected chi connectivity index (χ4v) is 4.22. The third-order valence-electron chi connectivity index (χ3n) is 5.58. The number of benzene rings is 1. The van der Waals surface area contributed by atoms with Gasteiger partial charge >= 0.3 is 6.18 Å². The van der Waals surface area contributed by atoms with Crippen molar-refractivity contribution in [1.82, 2.24) is 9.97 Å². The van der Waals surface area contributed by atoms with Gasteiger partial charge in [-0.1, -0.05) is 19.9 Å². The molecule has 3 rings (SSSR count). The molecule has 1 aliphatic rings. The monoisotopic (exact) mass is 388 g/mol. The summed E-state index contributed by atoms with van der Waals surface area (Å²) in [6.45, 7) is 6.73. The number of nitriles is 1. The van der Waals surface area contributed by atoms with E-state index in [1.807, 2.05) is 11.8 Å². The number of aromatic nitrogens is 2. The van der Waals surface area contributed by atoms with E-state index in [1.165, 1.54) is 6.07 Å². The summed E-state index contributed by atoms with van der Waals surface area (Å²) in [6.07, 6.45) is 2.68. The number of halogens is 3. The number of alkyl halides is 3. The van der Waals surface area contributed by atoms with Crippen molar-refractivity contribution in [3.63, 3.8) is 0 Å². The number of H-pyrrole nitrogens is 1. The molecule has 0 fully saturated rings. The van der Waals surface area contributed by atoms with Gasteiger partial charge in [-0.3, -0.25) is 0 Å². The molecule has 1 N–H and O–H groups in total. The average molecular weight is 388 g/mol. The van der Waals surface area contributed by atoms with E-state index in [2.05, 4.69) is 29.9 Å². The van der Waals surface area contributed by atoms with Crippen LogP contribution in [0.1, 0.15) is 50.4 Å². The lowest BCUT2D eigenvalue weighted by molar-refractivity contribution is -0.137. The average Bonchev–Trinajstić information content (AvgIpc) is 3.16. The second kappa shape index (κ2) is 7.34.